The first-order chi connectivity index (χ1) is 4.39. The molecule has 0 aromatic rings. The quantitative estimate of drug-likeness (QED) is 0.519. The van der Waals surface area contributed by atoms with Gasteiger partial charge < -0.3 is 5.73 Å². The fourth-order valence-corrected chi connectivity index (χ4v) is 0.751. The summed E-state index contributed by atoms with van der Waals surface area (Å²) in [6.07, 6.45) is 12.1. The molecule has 1 heteroatoms. The number of rotatable bonds is 0. The van der Waals surface area contributed by atoms with Crippen LogP contribution in [-0.2, 0) is 0 Å². The molecule has 2 N–H and O–H groups in total. The van der Waals surface area contributed by atoms with Gasteiger partial charge >= 0.3 is 0 Å². The number of hydrogen-bond donors (Lipinski definition) is 1. The van der Waals surface area contributed by atoms with E-state index in [1.807, 2.05) is 24.3 Å². The molecule has 1 rings (SSSR count). The summed E-state index contributed by atoms with van der Waals surface area (Å²) in [4.78, 5) is 0. The molecule has 0 saturated carbocycles. The molecule has 48 valence electrons. The molecule has 1 aliphatic carbocycles. The summed E-state index contributed by atoms with van der Waals surface area (Å²) >= 11 is 0. The van der Waals surface area contributed by atoms with Crippen LogP contribution in [0.5, 0.6) is 0 Å². The standard InChI is InChI=1S/C8H11N/c9-8-6-4-2-1-3-5-7-8/h1-4,6H,5,7,9H2/b3-1-,4-2-,8-6+. The van der Waals surface area contributed by atoms with Crippen molar-refractivity contribution in [2.75, 3.05) is 0 Å². The first kappa shape index (κ1) is 6.14. The first-order valence-corrected chi connectivity index (χ1v) is 3.17. The molecule has 0 unspecified atom stereocenters. The summed E-state index contributed by atoms with van der Waals surface area (Å²) in [5.74, 6) is 0. The molecule has 9 heavy (non-hydrogen) atoms. The van der Waals surface area contributed by atoms with Crippen LogP contribution in [0.15, 0.2) is 36.1 Å². The Labute approximate surface area is 55.6 Å². The van der Waals surface area contributed by atoms with Gasteiger partial charge in [0.1, 0.15) is 0 Å². The van der Waals surface area contributed by atoms with Gasteiger partial charge in [-0.25, -0.2) is 0 Å². The monoisotopic (exact) mass is 121 g/mol. The van der Waals surface area contributed by atoms with E-state index in [1.54, 1.807) is 0 Å². The fraction of sp³-hybridized carbons (Fsp3) is 0.250. The van der Waals surface area contributed by atoms with E-state index in [9.17, 15) is 0 Å². The second-order valence-corrected chi connectivity index (χ2v) is 2.09. The maximum Gasteiger partial charge on any atom is 0.00835 e. The molecular formula is C8H11N. The smallest absolute Gasteiger partial charge is 0.00835 e. The average Bonchev–Trinajstić information content (AvgIpc) is 1.79. The predicted octanol–water partition coefficient (Wildman–Crippen LogP) is 1.74. The van der Waals surface area contributed by atoms with E-state index >= 15 is 0 Å². The van der Waals surface area contributed by atoms with Crippen LogP contribution in [0.2, 0.25) is 0 Å². The van der Waals surface area contributed by atoms with E-state index in [4.69, 9.17) is 5.73 Å². The highest BCUT2D eigenvalue weighted by molar-refractivity contribution is 5.17. The minimum absolute atomic E-state index is 0.968. The van der Waals surface area contributed by atoms with Crippen LogP contribution in [0.4, 0.5) is 0 Å². The third kappa shape index (κ3) is 2.17. The van der Waals surface area contributed by atoms with Gasteiger partial charge in [-0.1, -0.05) is 24.3 Å². The molecule has 1 nitrogen and oxygen atoms in total. The second-order valence-electron chi connectivity index (χ2n) is 2.09. The Balaban J connectivity index is 2.62. The molecular weight excluding hydrogens is 110 g/mol. The van der Waals surface area contributed by atoms with Gasteiger partial charge in [-0.15, -0.1) is 0 Å². The summed E-state index contributed by atoms with van der Waals surface area (Å²) in [6.45, 7) is 0. The zero-order chi connectivity index (χ0) is 6.53. The van der Waals surface area contributed by atoms with Gasteiger partial charge in [0.2, 0.25) is 0 Å². The summed E-state index contributed by atoms with van der Waals surface area (Å²) < 4.78 is 0. The van der Waals surface area contributed by atoms with E-state index in [0.29, 0.717) is 0 Å². The SMILES string of the molecule is N/C1=C/C=C\C=C/CC1. The first-order valence-electron chi connectivity index (χ1n) is 3.17. The van der Waals surface area contributed by atoms with E-state index in [1.165, 1.54) is 0 Å². The van der Waals surface area contributed by atoms with Crippen molar-refractivity contribution in [2.45, 2.75) is 12.8 Å². The molecule has 0 saturated heterocycles. The van der Waals surface area contributed by atoms with E-state index in [0.717, 1.165) is 18.5 Å². The lowest BCUT2D eigenvalue weighted by Gasteiger charge is -1.96. The highest BCUT2D eigenvalue weighted by atomic mass is 14.6. The number of hydrogen-bond acceptors (Lipinski definition) is 1. The van der Waals surface area contributed by atoms with Gasteiger partial charge in [0, 0.05) is 5.70 Å². The zero-order valence-corrected chi connectivity index (χ0v) is 5.38. The summed E-state index contributed by atoms with van der Waals surface area (Å²) in [7, 11) is 0. The summed E-state index contributed by atoms with van der Waals surface area (Å²) in [5.41, 5.74) is 6.55. The van der Waals surface area contributed by atoms with Gasteiger partial charge in [-0.3, -0.25) is 0 Å². The lowest BCUT2D eigenvalue weighted by Crippen LogP contribution is -1.95. The average molecular weight is 121 g/mol. The van der Waals surface area contributed by atoms with Crippen LogP contribution < -0.4 is 5.73 Å². The van der Waals surface area contributed by atoms with Crippen LogP contribution in [0.3, 0.4) is 0 Å². The molecule has 0 aliphatic heterocycles. The zero-order valence-electron chi connectivity index (χ0n) is 5.38. The molecule has 0 heterocycles. The summed E-state index contributed by atoms with van der Waals surface area (Å²) in [6, 6.07) is 0. The molecule has 0 fully saturated rings. The molecule has 0 spiro atoms. The Morgan fingerprint density at radius 1 is 1.22 bits per heavy atom. The van der Waals surface area contributed by atoms with Crippen molar-refractivity contribution in [3.05, 3.63) is 36.1 Å². The minimum Gasteiger partial charge on any atom is -0.402 e. The van der Waals surface area contributed by atoms with Crippen molar-refractivity contribution in [1.29, 1.82) is 0 Å². The van der Waals surface area contributed by atoms with E-state index < -0.39 is 0 Å². The van der Waals surface area contributed by atoms with Crippen molar-refractivity contribution in [2.24, 2.45) is 5.73 Å². The minimum atomic E-state index is 0.968. The van der Waals surface area contributed by atoms with Crippen molar-refractivity contribution < 1.29 is 0 Å². The lowest BCUT2D eigenvalue weighted by molar-refractivity contribution is 0.958. The van der Waals surface area contributed by atoms with Gasteiger partial charge in [-0.2, -0.15) is 0 Å². The third-order valence-corrected chi connectivity index (χ3v) is 1.27. The Morgan fingerprint density at radius 2 is 2.11 bits per heavy atom. The van der Waals surface area contributed by atoms with Crippen molar-refractivity contribution >= 4 is 0 Å². The Morgan fingerprint density at radius 3 is 3.00 bits per heavy atom. The topological polar surface area (TPSA) is 26.0 Å². The molecule has 0 amide bonds. The van der Waals surface area contributed by atoms with Crippen LogP contribution in [0.25, 0.3) is 0 Å². The second kappa shape index (κ2) is 3.13. The normalized spacial score (nSPS) is 31.3. The molecule has 0 radical (unpaired) electrons. The van der Waals surface area contributed by atoms with Crippen LogP contribution in [-0.4, -0.2) is 0 Å². The number of allylic oxidation sites excluding steroid dienone is 6. The molecule has 0 aromatic heterocycles. The lowest BCUT2D eigenvalue weighted by atomic mass is 10.2. The highest BCUT2D eigenvalue weighted by Crippen LogP contribution is 2.02. The van der Waals surface area contributed by atoms with Crippen molar-refractivity contribution in [1.82, 2.24) is 0 Å². The highest BCUT2D eigenvalue weighted by Gasteiger charge is 1.86. The molecule has 0 atom stereocenters. The predicted molar refractivity (Wildman–Crippen MR) is 39.8 cm³/mol. The fourth-order valence-electron chi connectivity index (χ4n) is 0.751. The molecule has 0 bridgehead atoms. The van der Waals surface area contributed by atoms with Crippen molar-refractivity contribution in [3.8, 4) is 0 Å². The van der Waals surface area contributed by atoms with E-state index in [2.05, 4.69) is 6.08 Å². The Bertz CT molecular complexity index is 163. The van der Waals surface area contributed by atoms with Gasteiger partial charge in [-0.05, 0) is 18.9 Å². The van der Waals surface area contributed by atoms with Crippen LogP contribution >= 0.6 is 0 Å². The van der Waals surface area contributed by atoms with Crippen molar-refractivity contribution in [3.63, 3.8) is 0 Å². The Hall–Kier alpha value is -0.980. The van der Waals surface area contributed by atoms with Gasteiger partial charge in [0.05, 0.1) is 0 Å². The number of nitrogens with two attached hydrogens (primary N) is 1. The summed E-state index contributed by atoms with van der Waals surface area (Å²) in [5, 5.41) is 0. The molecule has 0 aromatic carbocycles. The largest absolute Gasteiger partial charge is 0.402 e. The van der Waals surface area contributed by atoms with Crippen LogP contribution in [0, 0.1) is 0 Å². The van der Waals surface area contributed by atoms with Gasteiger partial charge in [0.15, 0.2) is 0 Å². The van der Waals surface area contributed by atoms with Gasteiger partial charge in [0.25, 0.3) is 0 Å². The van der Waals surface area contributed by atoms with E-state index in [-0.39, 0.29) is 0 Å². The Kier molecular flexibility index (Phi) is 2.13. The van der Waals surface area contributed by atoms with Crippen LogP contribution in [0.1, 0.15) is 12.8 Å². The maximum atomic E-state index is 5.58. The maximum absolute atomic E-state index is 5.58. The third-order valence-electron chi connectivity index (χ3n) is 1.27. The molecule has 1 aliphatic rings.